The second-order valence-electron chi connectivity index (χ2n) is 3.30. The van der Waals surface area contributed by atoms with Crippen LogP contribution in [-0.4, -0.2) is 27.1 Å². The molecule has 0 saturated carbocycles. The van der Waals surface area contributed by atoms with Gasteiger partial charge < -0.3 is 5.32 Å². The van der Waals surface area contributed by atoms with Gasteiger partial charge in [-0.05, 0) is 24.3 Å². The zero-order valence-electron chi connectivity index (χ0n) is 8.93. The van der Waals surface area contributed by atoms with E-state index in [9.17, 15) is 13.2 Å². The lowest BCUT2D eigenvalue weighted by atomic mass is 10.2. The van der Waals surface area contributed by atoms with Gasteiger partial charge in [-0.25, -0.2) is 8.42 Å². The quantitative estimate of drug-likeness (QED) is 0.797. The van der Waals surface area contributed by atoms with Crippen molar-refractivity contribution in [2.75, 3.05) is 12.8 Å². The summed E-state index contributed by atoms with van der Waals surface area (Å²) in [5, 5.41) is 2.60. The van der Waals surface area contributed by atoms with Gasteiger partial charge in [0.15, 0.2) is 9.84 Å². The van der Waals surface area contributed by atoms with E-state index in [4.69, 9.17) is 0 Å². The molecular formula is C11H13NO3S. The highest BCUT2D eigenvalue weighted by atomic mass is 32.2. The van der Waals surface area contributed by atoms with Crippen molar-refractivity contribution in [3.05, 3.63) is 42.5 Å². The summed E-state index contributed by atoms with van der Waals surface area (Å²) in [6, 6.07) is 5.79. The van der Waals surface area contributed by atoms with E-state index in [1.165, 1.54) is 24.3 Å². The number of sulfone groups is 1. The molecule has 0 radical (unpaired) electrons. The lowest BCUT2D eigenvalue weighted by molar-refractivity contribution is 0.0958. The molecule has 0 bridgehead atoms. The monoisotopic (exact) mass is 239 g/mol. The van der Waals surface area contributed by atoms with Gasteiger partial charge in [0.2, 0.25) is 0 Å². The van der Waals surface area contributed by atoms with Crippen molar-refractivity contribution < 1.29 is 13.2 Å². The highest BCUT2D eigenvalue weighted by molar-refractivity contribution is 7.90. The average Bonchev–Trinajstić information content (AvgIpc) is 2.25. The number of hydrogen-bond acceptors (Lipinski definition) is 3. The molecule has 0 aliphatic rings. The highest BCUT2D eigenvalue weighted by Crippen LogP contribution is 2.10. The first-order chi connectivity index (χ1) is 7.45. The molecule has 0 atom stereocenters. The van der Waals surface area contributed by atoms with Crippen LogP contribution >= 0.6 is 0 Å². The van der Waals surface area contributed by atoms with Crippen LogP contribution in [-0.2, 0) is 9.84 Å². The summed E-state index contributed by atoms with van der Waals surface area (Å²) in [5.74, 6) is -0.250. The molecule has 0 saturated heterocycles. The summed E-state index contributed by atoms with van der Waals surface area (Å²) in [4.78, 5) is 11.7. The summed E-state index contributed by atoms with van der Waals surface area (Å²) >= 11 is 0. The fourth-order valence-electron chi connectivity index (χ4n) is 1.12. The summed E-state index contributed by atoms with van der Waals surface area (Å²) < 4.78 is 22.3. The maximum Gasteiger partial charge on any atom is 0.251 e. The van der Waals surface area contributed by atoms with E-state index in [0.717, 1.165) is 6.26 Å². The minimum atomic E-state index is -3.21. The number of hydrogen-bond donors (Lipinski definition) is 1. The van der Waals surface area contributed by atoms with E-state index >= 15 is 0 Å². The van der Waals surface area contributed by atoms with Crippen LogP contribution < -0.4 is 5.32 Å². The molecule has 0 aliphatic carbocycles. The Morgan fingerprint density at radius 1 is 1.38 bits per heavy atom. The smallest absolute Gasteiger partial charge is 0.251 e. The largest absolute Gasteiger partial charge is 0.349 e. The summed E-state index contributed by atoms with van der Waals surface area (Å²) in [7, 11) is -3.21. The molecular weight excluding hydrogens is 226 g/mol. The van der Waals surface area contributed by atoms with Crippen molar-refractivity contribution in [3.8, 4) is 0 Å². The third kappa shape index (κ3) is 3.20. The van der Waals surface area contributed by atoms with E-state index in [-0.39, 0.29) is 10.8 Å². The average molecular weight is 239 g/mol. The van der Waals surface area contributed by atoms with Crippen molar-refractivity contribution in [2.24, 2.45) is 0 Å². The second kappa shape index (κ2) is 4.94. The zero-order chi connectivity index (χ0) is 12.2. The molecule has 86 valence electrons. The maximum absolute atomic E-state index is 11.5. The van der Waals surface area contributed by atoms with Crippen LogP contribution in [0.5, 0.6) is 0 Å². The Morgan fingerprint density at radius 3 is 2.38 bits per heavy atom. The Kier molecular flexibility index (Phi) is 3.84. The third-order valence-corrected chi connectivity index (χ3v) is 3.08. The summed E-state index contributed by atoms with van der Waals surface area (Å²) in [6.45, 7) is 3.86. The molecule has 0 heterocycles. The molecule has 0 unspecified atom stereocenters. The second-order valence-corrected chi connectivity index (χ2v) is 5.31. The lowest BCUT2D eigenvalue weighted by Gasteiger charge is -2.03. The van der Waals surface area contributed by atoms with Crippen LogP contribution in [0.2, 0.25) is 0 Å². The van der Waals surface area contributed by atoms with Crippen molar-refractivity contribution in [3.63, 3.8) is 0 Å². The van der Waals surface area contributed by atoms with E-state index in [0.29, 0.717) is 12.1 Å². The molecule has 4 nitrogen and oxygen atoms in total. The minimum Gasteiger partial charge on any atom is -0.349 e. The van der Waals surface area contributed by atoms with Gasteiger partial charge in [-0.15, -0.1) is 6.58 Å². The molecule has 1 aromatic rings. The third-order valence-electron chi connectivity index (χ3n) is 1.95. The number of nitrogens with one attached hydrogen (secondary N) is 1. The fraction of sp³-hybridized carbons (Fsp3) is 0.182. The van der Waals surface area contributed by atoms with Crippen molar-refractivity contribution in [1.82, 2.24) is 5.32 Å². The van der Waals surface area contributed by atoms with Gasteiger partial charge >= 0.3 is 0 Å². The molecule has 1 rings (SSSR count). The standard InChI is InChI=1S/C11H13NO3S/c1-3-8-12-11(13)9-4-6-10(7-5-9)16(2,14)15/h3-7H,1,8H2,2H3,(H,12,13). The molecule has 0 fully saturated rings. The topological polar surface area (TPSA) is 63.2 Å². The molecule has 0 spiro atoms. The minimum absolute atomic E-state index is 0.202. The Balaban J connectivity index is 2.87. The Bertz CT molecular complexity index is 488. The fourth-order valence-corrected chi connectivity index (χ4v) is 1.75. The van der Waals surface area contributed by atoms with Gasteiger partial charge in [0, 0.05) is 18.4 Å². The van der Waals surface area contributed by atoms with Gasteiger partial charge in [-0.3, -0.25) is 4.79 Å². The Morgan fingerprint density at radius 2 is 1.94 bits per heavy atom. The normalized spacial score (nSPS) is 10.8. The summed E-state index contributed by atoms with van der Waals surface area (Å²) in [6.07, 6.45) is 2.70. The van der Waals surface area contributed by atoms with Gasteiger partial charge in [-0.1, -0.05) is 6.08 Å². The molecule has 0 aromatic heterocycles. The first-order valence-electron chi connectivity index (χ1n) is 4.64. The SMILES string of the molecule is C=CCNC(=O)c1ccc(S(C)(=O)=O)cc1. The van der Waals surface area contributed by atoms with Gasteiger partial charge in [0.05, 0.1) is 4.90 Å². The number of carbonyl (C=O) groups is 1. The number of carbonyl (C=O) groups excluding carboxylic acids is 1. The van der Waals surface area contributed by atoms with Crippen molar-refractivity contribution in [1.29, 1.82) is 0 Å². The van der Waals surface area contributed by atoms with Crippen LogP contribution in [0.3, 0.4) is 0 Å². The number of benzene rings is 1. The zero-order valence-corrected chi connectivity index (χ0v) is 9.75. The predicted octanol–water partition coefficient (Wildman–Crippen LogP) is 1.01. The first-order valence-corrected chi connectivity index (χ1v) is 6.53. The molecule has 1 N–H and O–H groups in total. The van der Waals surface area contributed by atoms with Crippen LogP contribution in [0.4, 0.5) is 0 Å². The molecule has 1 aromatic carbocycles. The Labute approximate surface area is 94.9 Å². The van der Waals surface area contributed by atoms with Crippen LogP contribution in [0.25, 0.3) is 0 Å². The van der Waals surface area contributed by atoms with Crippen LogP contribution in [0.1, 0.15) is 10.4 Å². The van der Waals surface area contributed by atoms with Crippen LogP contribution in [0, 0.1) is 0 Å². The van der Waals surface area contributed by atoms with Gasteiger partial charge in [0.1, 0.15) is 0 Å². The number of amides is 1. The molecule has 5 heteroatoms. The maximum atomic E-state index is 11.5. The first kappa shape index (κ1) is 12.4. The number of rotatable bonds is 4. The van der Waals surface area contributed by atoms with Gasteiger partial charge in [-0.2, -0.15) is 0 Å². The Hall–Kier alpha value is -1.62. The lowest BCUT2D eigenvalue weighted by Crippen LogP contribution is -2.23. The van der Waals surface area contributed by atoms with E-state index < -0.39 is 9.84 Å². The predicted molar refractivity (Wildman–Crippen MR) is 62.1 cm³/mol. The molecule has 0 aliphatic heterocycles. The van der Waals surface area contributed by atoms with E-state index in [2.05, 4.69) is 11.9 Å². The summed E-state index contributed by atoms with van der Waals surface area (Å²) in [5.41, 5.74) is 0.425. The highest BCUT2D eigenvalue weighted by Gasteiger charge is 2.08. The van der Waals surface area contributed by atoms with Crippen molar-refractivity contribution in [2.45, 2.75) is 4.90 Å². The van der Waals surface area contributed by atoms with E-state index in [1.54, 1.807) is 6.08 Å². The van der Waals surface area contributed by atoms with Crippen molar-refractivity contribution >= 4 is 15.7 Å². The molecule has 16 heavy (non-hydrogen) atoms. The van der Waals surface area contributed by atoms with Gasteiger partial charge in [0.25, 0.3) is 5.91 Å². The van der Waals surface area contributed by atoms with Crippen LogP contribution in [0.15, 0.2) is 41.8 Å². The van der Waals surface area contributed by atoms with E-state index in [1.807, 2.05) is 0 Å². The molecule has 1 amide bonds.